The minimum Gasteiger partial charge on any atom is -0.314 e. The van der Waals surface area contributed by atoms with Gasteiger partial charge in [0.05, 0.1) is 0 Å². The molecule has 0 saturated carbocycles. The van der Waals surface area contributed by atoms with Gasteiger partial charge in [0.1, 0.15) is 0 Å². The van der Waals surface area contributed by atoms with Gasteiger partial charge in [0.25, 0.3) is 0 Å². The average Bonchev–Trinajstić information content (AvgIpc) is 2.57. The topological polar surface area (TPSA) is 27.3 Å². The zero-order valence-electron chi connectivity index (χ0n) is 12.8. The van der Waals surface area contributed by atoms with Gasteiger partial charge in [-0.3, -0.25) is 9.62 Å². The lowest BCUT2D eigenvalue weighted by Crippen LogP contribution is -2.42. The summed E-state index contributed by atoms with van der Waals surface area (Å²) < 4.78 is 3.44. The van der Waals surface area contributed by atoms with Crippen molar-refractivity contribution < 1.29 is 0 Å². The van der Waals surface area contributed by atoms with Crippen LogP contribution in [0.15, 0.2) is 59.5 Å². The molecule has 0 bridgehead atoms. The van der Waals surface area contributed by atoms with E-state index in [-0.39, 0.29) is 0 Å². The summed E-state index contributed by atoms with van der Waals surface area (Å²) >= 11 is 1.71. The first-order valence-electron chi connectivity index (χ1n) is 7.86. The van der Waals surface area contributed by atoms with Gasteiger partial charge in [-0.05, 0) is 35.2 Å². The molecule has 0 radical (unpaired) electrons. The molecule has 1 aliphatic rings. The highest BCUT2D eigenvalue weighted by Crippen LogP contribution is 2.18. The molecule has 4 heteroatoms. The Hall–Kier alpha value is -1.33. The Bertz CT molecular complexity index is 568. The Morgan fingerprint density at radius 2 is 1.73 bits per heavy atom. The Morgan fingerprint density at radius 3 is 2.55 bits per heavy atom. The van der Waals surface area contributed by atoms with Crippen LogP contribution < -0.4 is 10.0 Å². The Morgan fingerprint density at radius 1 is 0.955 bits per heavy atom. The van der Waals surface area contributed by atoms with Crippen molar-refractivity contribution in [3.8, 4) is 0 Å². The number of nitrogens with zero attached hydrogens (tertiary/aromatic N) is 1. The SMILES string of the molecule is c1ccc(CNSc2cccc(CN3CCNCC3)c2)cc1. The zero-order chi connectivity index (χ0) is 15.0. The number of rotatable bonds is 6. The van der Waals surface area contributed by atoms with E-state index < -0.39 is 0 Å². The fourth-order valence-corrected chi connectivity index (χ4v) is 3.40. The summed E-state index contributed by atoms with van der Waals surface area (Å²) in [4.78, 5) is 3.79. The van der Waals surface area contributed by atoms with E-state index in [1.807, 2.05) is 0 Å². The standard InChI is InChI=1S/C18H23N3S/c1-2-5-16(6-3-1)14-20-22-18-8-4-7-17(13-18)15-21-11-9-19-10-12-21/h1-8,13,19-20H,9-12,14-15H2. The average molecular weight is 313 g/mol. The van der Waals surface area contributed by atoms with Crippen LogP contribution in [0.5, 0.6) is 0 Å². The number of benzene rings is 2. The van der Waals surface area contributed by atoms with Crippen LogP contribution in [0, 0.1) is 0 Å². The fraction of sp³-hybridized carbons (Fsp3) is 0.333. The van der Waals surface area contributed by atoms with Crippen LogP contribution in [0.4, 0.5) is 0 Å². The normalized spacial score (nSPS) is 15.8. The van der Waals surface area contributed by atoms with Gasteiger partial charge in [-0.1, -0.05) is 42.5 Å². The third kappa shape index (κ3) is 4.85. The second-order valence-corrected chi connectivity index (χ2v) is 6.55. The number of hydrogen-bond acceptors (Lipinski definition) is 4. The lowest BCUT2D eigenvalue weighted by molar-refractivity contribution is 0.233. The van der Waals surface area contributed by atoms with Gasteiger partial charge < -0.3 is 5.32 Å². The van der Waals surface area contributed by atoms with Gasteiger partial charge in [-0.2, -0.15) is 0 Å². The molecule has 0 amide bonds. The molecule has 0 unspecified atom stereocenters. The van der Waals surface area contributed by atoms with Crippen molar-refractivity contribution in [1.29, 1.82) is 0 Å². The van der Waals surface area contributed by atoms with Crippen LogP contribution >= 0.6 is 11.9 Å². The Balaban J connectivity index is 1.50. The van der Waals surface area contributed by atoms with E-state index in [0.717, 1.165) is 39.3 Å². The lowest BCUT2D eigenvalue weighted by Gasteiger charge is -2.27. The van der Waals surface area contributed by atoms with Crippen LogP contribution in [-0.4, -0.2) is 31.1 Å². The summed E-state index contributed by atoms with van der Waals surface area (Å²) in [5.41, 5.74) is 2.71. The first kappa shape index (κ1) is 15.6. The van der Waals surface area contributed by atoms with E-state index in [1.165, 1.54) is 16.0 Å². The summed E-state index contributed by atoms with van der Waals surface area (Å²) in [6, 6.07) is 19.4. The molecule has 3 nitrogen and oxygen atoms in total. The monoisotopic (exact) mass is 313 g/mol. The molecule has 116 valence electrons. The van der Waals surface area contributed by atoms with E-state index in [4.69, 9.17) is 0 Å². The summed E-state index contributed by atoms with van der Waals surface area (Å²) in [5, 5.41) is 3.40. The summed E-state index contributed by atoms with van der Waals surface area (Å²) in [7, 11) is 0. The van der Waals surface area contributed by atoms with Gasteiger partial charge in [0.2, 0.25) is 0 Å². The molecule has 2 aromatic carbocycles. The second-order valence-electron chi connectivity index (χ2n) is 5.58. The summed E-state index contributed by atoms with van der Waals surface area (Å²) in [6.07, 6.45) is 0. The van der Waals surface area contributed by atoms with Gasteiger partial charge >= 0.3 is 0 Å². The molecule has 0 aromatic heterocycles. The van der Waals surface area contributed by atoms with E-state index in [1.54, 1.807) is 11.9 Å². The quantitative estimate of drug-likeness (QED) is 0.802. The second kappa shape index (κ2) is 8.34. The maximum atomic E-state index is 3.44. The summed E-state index contributed by atoms with van der Waals surface area (Å²) in [5.74, 6) is 0. The van der Waals surface area contributed by atoms with Crippen molar-refractivity contribution in [2.75, 3.05) is 26.2 Å². The van der Waals surface area contributed by atoms with Gasteiger partial charge in [0.15, 0.2) is 0 Å². The number of piperazine rings is 1. The van der Waals surface area contributed by atoms with Crippen molar-refractivity contribution >= 4 is 11.9 Å². The highest BCUT2D eigenvalue weighted by molar-refractivity contribution is 7.97. The molecule has 2 aromatic rings. The maximum Gasteiger partial charge on any atom is 0.0313 e. The lowest BCUT2D eigenvalue weighted by atomic mass is 10.2. The Kier molecular flexibility index (Phi) is 5.90. The molecule has 0 spiro atoms. The van der Waals surface area contributed by atoms with Gasteiger partial charge in [-0.25, -0.2) is 0 Å². The van der Waals surface area contributed by atoms with Crippen molar-refractivity contribution in [3.05, 3.63) is 65.7 Å². The van der Waals surface area contributed by atoms with E-state index in [0.29, 0.717) is 0 Å². The van der Waals surface area contributed by atoms with E-state index in [9.17, 15) is 0 Å². The fourth-order valence-electron chi connectivity index (χ4n) is 2.63. The van der Waals surface area contributed by atoms with Crippen molar-refractivity contribution in [2.45, 2.75) is 18.0 Å². The largest absolute Gasteiger partial charge is 0.314 e. The molecule has 1 fully saturated rings. The molecule has 2 N–H and O–H groups in total. The molecule has 1 heterocycles. The molecule has 0 atom stereocenters. The first-order chi connectivity index (χ1) is 10.9. The van der Waals surface area contributed by atoms with Crippen molar-refractivity contribution in [2.24, 2.45) is 0 Å². The predicted octanol–water partition coefficient (Wildman–Crippen LogP) is 2.89. The molecular formula is C18H23N3S. The third-order valence-corrected chi connectivity index (χ3v) is 4.60. The zero-order valence-corrected chi connectivity index (χ0v) is 13.6. The van der Waals surface area contributed by atoms with Crippen molar-refractivity contribution in [1.82, 2.24) is 14.9 Å². The third-order valence-electron chi connectivity index (χ3n) is 3.82. The predicted molar refractivity (Wildman–Crippen MR) is 93.7 cm³/mol. The smallest absolute Gasteiger partial charge is 0.0313 e. The van der Waals surface area contributed by atoms with Crippen molar-refractivity contribution in [3.63, 3.8) is 0 Å². The van der Waals surface area contributed by atoms with Crippen LogP contribution in [-0.2, 0) is 13.1 Å². The highest BCUT2D eigenvalue weighted by Gasteiger charge is 2.09. The van der Waals surface area contributed by atoms with Crippen LogP contribution in [0.2, 0.25) is 0 Å². The van der Waals surface area contributed by atoms with Crippen LogP contribution in [0.3, 0.4) is 0 Å². The molecule has 1 aliphatic heterocycles. The van der Waals surface area contributed by atoms with Gasteiger partial charge in [0, 0.05) is 44.2 Å². The summed E-state index contributed by atoms with van der Waals surface area (Å²) in [6.45, 7) is 6.43. The Labute approximate surface area is 137 Å². The van der Waals surface area contributed by atoms with E-state index >= 15 is 0 Å². The number of hydrogen-bond donors (Lipinski definition) is 2. The minimum absolute atomic E-state index is 0.882. The molecule has 3 rings (SSSR count). The maximum absolute atomic E-state index is 3.44. The van der Waals surface area contributed by atoms with Crippen LogP contribution in [0.25, 0.3) is 0 Å². The molecule has 0 aliphatic carbocycles. The number of nitrogens with one attached hydrogen (secondary N) is 2. The highest BCUT2D eigenvalue weighted by atomic mass is 32.2. The molecule has 22 heavy (non-hydrogen) atoms. The molecule has 1 saturated heterocycles. The molecular weight excluding hydrogens is 290 g/mol. The van der Waals surface area contributed by atoms with E-state index in [2.05, 4.69) is 69.5 Å². The minimum atomic E-state index is 0.882. The first-order valence-corrected chi connectivity index (χ1v) is 8.67. The van der Waals surface area contributed by atoms with Crippen LogP contribution in [0.1, 0.15) is 11.1 Å². The van der Waals surface area contributed by atoms with Gasteiger partial charge in [-0.15, -0.1) is 0 Å².